The summed E-state index contributed by atoms with van der Waals surface area (Å²) < 4.78 is 6.09. The van der Waals surface area contributed by atoms with Gasteiger partial charge < -0.3 is 10.1 Å². The van der Waals surface area contributed by atoms with E-state index in [4.69, 9.17) is 4.74 Å². The van der Waals surface area contributed by atoms with Gasteiger partial charge in [-0.2, -0.15) is 0 Å². The van der Waals surface area contributed by atoms with E-state index in [2.05, 4.69) is 17.4 Å². The van der Waals surface area contributed by atoms with Gasteiger partial charge in [-0.3, -0.25) is 4.79 Å². The molecule has 3 heteroatoms. The predicted molar refractivity (Wildman–Crippen MR) is 97.3 cm³/mol. The van der Waals surface area contributed by atoms with Crippen molar-refractivity contribution in [2.24, 2.45) is 5.92 Å². The van der Waals surface area contributed by atoms with Crippen molar-refractivity contribution < 1.29 is 9.53 Å². The van der Waals surface area contributed by atoms with Crippen molar-refractivity contribution in [3.8, 4) is 5.75 Å². The van der Waals surface area contributed by atoms with E-state index in [0.29, 0.717) is 6.61 Å². The number of carbonyl (C=O) groups excluding carboxylic acids is 1. The van der Waals surface area contributed by atoms with E-state index in [1.54, 1.807) is 0 Å². The maximum absolute atomic E-state index is 12.1. The number of nitrogens with one attached hydrogen (secondary N) is 1. The average Bonchev–Trinajstić information content (AvgIpc) is 2.61. The number of rotatable bonds is 5. The summed E-state index contributed by atoms with van der Waals surface area (Å²) in [6, 6.07) is 14.2. The third-order valence-corrected chi connectivity index (χ3v) is 4.51. The Hall–Kier alpha value is -2.29. The van der Waals surface area contributed by atoms with Gasteiger partial charge in [-0.25, -0.2) is 0 Å². The van der Waals surface area contributed by atoms with Crippen molar-refractivity contribution in [2.75, 3.05) is 5.32 Å². The smallest absolute Gasteiger partial charge is 0.226 e. The standard InChI is InChI=1S/C21H25NO2/c1-15(2)21(23)22-19-12-13-20(18-11-7-6-10-17(18)19)24-14-16-8-4-3-5-9-16/h3-5,8-9,12-13,15H,6-7,10-11,14H2,1-2H3,(H,22,23). The summed E-state index contributed by atoms with van der Waals surface area (Å²) in [5.74, 6) is 1.01. The Morgan fingerprint density at radius 3 is 2.46 bits per heavy atom. The highest BCUT2D eigenvalue weighted by molar-refractivity contribution is 5.93. The maximum atomic E-state index is 12.1. The Bertz CT molecular complexity index is 707. The largest absolute Gasteiger partial charge is 0.489 e. The maximum Gasteiger partial charge on any atom is 0.226 e. The van der Waals surface area contributed by atoms with Crippen molar-refractivity contribution in [1.29, 1.82) is 0 Å². The first-order valence-electron chi connectivity index (χ1n) is 8.77. The zero-order valence-electron chi connectivity index (χ0n) is 14.5. The summed E-state index contributed by atoms with van der Waals surface area (Å²) in [7, 11) is 0. The minimum absolute atomic E-state index is 0.0155. The zero-order chi connectivity index (χ0) is 16.9. The molecule has 0 aliphatic heterocycles. The van der Waals surface area contributed by atoms with E-state index in [1.165, 1.54) is 29.5 Å². The molecule has 0 saturated carbocycles. The SMILES string of the molecule is CC(C)C(=O)Nc1ccc(OCc2ccccc2)c2c1CCCC2. The molecule has 0 saturated heterocycles. The first kappa shape index (κ1) is 16.6. The molecule has 2 aromatic rings. The quantitative estimate of drug-likeness (QED) is 0.863. The molecule has 0 atom stereocenters. The number of hydrogen-bond donors (Lipinski definition) is 1. The zero-order valence-corrected chi connectivity index (χ0v) is 14.5. The summed E-state index contributed by atoms with van der Waals surface area (Å²) in [6.07, 6.45) is 4.37. The van der Waals surface area contributed by atoms with Gasteiger partial charge in [0.2, 0.25) is 5.91 Å². The first-order valence-corrected chi connectivity index (χ1v) is 8.77. The number of anilines is 1. The second-order valence-electron chi connectivity index (χ2n) is 6.69. The molecule has 3 nitrogen and oxygen atoms in total. The second kappa shape index (κ2) is 7.52. The molecule has 0 fully saturated rings. The summed E-state index contributed by atoms with van der Waals surface area (Å²) >= 11 is 0. The molecule has 0 bridgehead atoms. The molecule has 0 unspecified atom stereocenters. The van der Waals surface area contributed by atoms with E-state index in [0.717, 1.165) is 24.3 Å². The van der Waals surface area contributed by atoms with Crippen molar-refractivity contribution >= 4 is 11.6 Å². The molecular formula is C21H25NO2. The number of hydrogen-bond acceptors (Lipinski definition) is 2. The third kappa shape index (κ3) is 3.78. The van der Waals surface area contributed by atoms with Crippen LogP contribution in [0.3, 0.4) is 0 Å². The van der Waals surface area contributed by atoms with Gasteiger partial charge in [-0.15, -0.1) is 0 Å². The number of benzene rings is 2. The van der Waals surface area contributed by atoms with Crippen LogP contribution in [0.5, 0.6) is 5.75 Å². The molecule has 126 valence electrons. The molecule has 24 heavy (non-hydrogen) atoms. The summed E-state index contributed by atoms with van der Waals surface area (Å²) in [5, 5.41) is 3.08. The highest BCUT2D eigenvalue weighted by Crippen LogP contribution is 2.35. The van der Waals surface area contributed by atoms with Crippen LogP contribution in [0, 0.1) is 5.92 Å². The molecule has 1 aliphatic carbocycles. The lowest BCUT2D eigenvalue weighted by Crippen LogP contribution is -2.20. The normalized spacial score (nSPS) is 13.5. The van der Waals surface area contributed by atoms with Gasteiger partial charge in [0.15, 0.2) is 0 Å². The highest BCUT2D eigenvalue weighted by Gasteiger charge is 2.19. The molecule has 2 aromatic carbocycles. The summed E-state index contributed by atoms with van der Waals surface area (Å²) in [5.41, 5.74) is 4.63. The van der Waals surface area contributed by atoms with E-state index >= 15 is 0 Å². The van der Waals surface area contributed by atoms with Gasteiger partial charge in [0.05, 0.1) is 0 Å². The predicted octanol–water partition coefficient (Wildman–Crippen LogP) is 4.74. The first-order chi connectivity index (χ1) is 11.6. The van der Waals surface area contributed by atoms with Crippen molar-refractivity contribution in [2.45, 2.75) is 46.1 Å². The fourth-order valence-corrected chi connectivity index (χ4v) is 3.10. The van der Waals surface area contributed by atoms with Crippen LogP contribution in [-0.4, -0.2) is 5.91 Å². The van der Waals surface area contributed by atoms with Gasteiger partial charge in [-0.05, 0) is 54.5 Å². The van der Waals surface area contributed by atoms with Gasteiger partial charge in [-0.1, -0.05) is 44.2 Å². The van der Waals surface area contributed by atoms with Crippen molar-refractivity contribution in [3.63, 3.8) is 0 Å². The van der Waals surface area contributed by atoms with Crippen LogP contribution < -0.4 is 10.1 Å². The molecule has 3 rings (SSSR count). The van der Waals surface area contributed by atoms with Crippen LogP contribution in [0.25, 0.3) is 0 Å². The Morgan fingerprint density at radius 1 is 1.04 bits per heavy atom. The van der Waals surface area contributed by atoms with Gasteiger partial charge in [0.1, 0.15) is 12.4 Å². The molecule has 0 aromatic heterocycles. The number of fused-ring (bicyclic) bond motifs is 1. The van der Waals surface area contributed by atoms with E-state index in [1.807, 2.05) is 44.2 Å². The van der Waals surface area contributed by atoms with E-state index in [9.17, 15) is 4.79 Å². The lowest BCUT2D eigenvalue weighted by atomic mass is 9.89. The lowest BCUT2D eigenvalue weighted by Gasteiger charge is -2.23. The second-order valence-corrected chi connectivity index (χ2v) is 6.69. The molecule has 0 radical (unpaired) electrons. The van der Waals surface area contributed by atoms with E-state index < -0.39 is 0 Å². The van der Waals surface area contributed by atoms with Crippen molar-refractivity contribution in [1.82, 2.24) is 0 Å². The number of ether oxygens (including phenoxy) is 1. The molecule has 0 heterocycles. The fourth-order valence-electron chi connectivity index (χ4n) is 3.10. The Labute approximate surface area is 144 Å². The fraction of sp³-hybridized carbons (Fsp3) is 0.381. The highest BCUT2D eigenvalue weighted by atomic mass is 16.5. The molecule has 1 aliphatic rings. The minimum Gasteiger partial charge on any atom is -0.489 e. The molecular weight excluding hydrogens is 298 g/mol. The third-order valence-electron chi connectivity index (χ3n) is 4.51. The molecule has 1 N–H and O–H groups in total. The van der Waals surface area contributed by atoms with Gasteiger partial charge in [0, 0.05) is 11.6 Å². The summed E-state index contributed by atoms with van der Waals surface area (Å²) in [6.45, 7) is 4.41. The van der Waals surface area contributed by atoms with Gasteiger partial charge in [0.25, 0.3) is 0 Å². The van der Waals surface area contributed by atoms with E-state index in [-0.39, 0.29) is 11.8 Å². The Morgan fingerprint density at radius 2 is 1.75 bits per heavy atom. The average molecular weight is 323 g/mol. The minimum atomic E-state index is -0.0155. The van der Waals surface area contributed by atoms with Crippen LogP contribution in [0.2, 0.25) is 0 Å². The lowest BCUT2D eigenvalue weighted by molar-refractivity contribution is -0.118. The summed E-state index contributed by atoms with van der Waals surface area (Å²) in [4.78, 5) is 12.1. The number of amides is 1. The van der Waals surface area contributed by atoms with Crippen LogP contribution in [0.1, 0.15) is 43.4 Å². The Kier molecular flexibility index (Phi) is 5.19. The van der Waals surface area contributed by atoms with Crippen LogP contribution >= 0.6 is 0 Å². The Balaban J connectivity index is 1.82. The van der Waals surface area contributed by atoms with Crippen LogP contribution in [-0.2, 0) is 24.2 Å². The van der Waals surface area contributed by atoms with Crippen LogP contribution in [0.4, 0.5) is 5.69 Å². The van der Waals surface area contributed by atoms with Crippen LogP contribution in [0.15, 0.2) is 42.5 Å². The topological polar surface area (TPSA) is 38.3 Å². The molecule has 0 spiro atoms. The van der Waals surface area contributed by atoms with Crippen molar-refractivity contribution in [3.05, 3.63) is 59.2 Å². The molecule has 1 amide bonds. The monoisotopic (exact) mass is 323 g/mol. The number of carbonyl (C=O) groups is 1. The van der Waals surface area contributed by atoms with Gasteiger partial charge >= 0.3 is 0 Å².